The highest BCUT2D eigenvalue weighted by atomic mass is 16.5. The molecule has 0 aliphatic heterocycles. The molecule has 0 saturated heterocycles. The van der Waals surface area contributed by atoms with Gasteiger partial charge in [0, 0.05) is 5.56 Å². The Balaban J connectivity index is 1.83. The smallest absolute Gasteiger partial charge is 0.341 e. The number of ether oxygens (including phenoxy) is 3. The summed E-state index contributed by atoms with van der Waals surface area (Å²) in [5.41, 5.74) is 3.69. The Bertz CT molecular complexity index is 1060. The summed E-state index contributed by atoms with van der Waals surface area (Å²) in [6.45, 7) is 6.40. The zero-order valence-corrected chi connectivity index (χ0v) is 20.1. The number of hydrogen-bond donors (Lipinski definition) is 1. The van der Waals surface area contributed by atoms with E-state index in [-0.39, 0.29) is 12.7 Å². The molecule has 0 radical (unpaired) electrons. The normalized spacial score (nSPS) is 11.6. The molecule has 0 saturated carbocycles. The van der Waals surface area contributed by atoms with Crippen molar-refractivity contribution in [1.82, 2.24) is 4.98 Å². The van der Waals surface area contributed by atoms with Gasteiger partial charge in [0.1, 0.15) is 23.4 Å². The van der Waals surface area contributed by atoms with Gasteiger partial charge in [-0.15, -0.1) is 0 Å². The largest absolute Gasteiger partial charge is 0.494 e. The first-order valence-electron chi connectivity index (χ1n) is 11.9. The van der Waals surface area contributed by atoms with Crippen molar-refractivity contribution < 1.29 is 24.1 Å². The molecule has 1 heterocycles. The fourth-order valence-corrected chi connectivity index (χ4v) is 3.69. The summed E-state index contributed by atoms with van der Waals surface area (Å²) in [5, 5.41) is 8.90. The van der Waals surface area contributed by atoms with E-state index in [9.17, 15) is 4.79 Å². The lowest BCUT2D eigenvalue weighted by atomic mass is 10.1. The average Bonchev–Trinajstić information content (AvgIpc) is 2.86. The average molecular weight is 464 g/mol. The molecule has 3 aromatic rings. The fraction of sp³-hybridized carbons (Fsp3) is 0.357. The number of hydrogen-bond acceptors (Lipinski definition) is 5. The van der Waals surface area contributed by atoms with E-state index in [1.165, 1.54) is 0 Å². The second-order valence-electron chi connectivity index (χ2n) is 7.96. The van der Waals surface area contributed by atoms with E-state index in [0.29, 0.717) is 24.5 Å². The number of nitrogens with zero attached hydrogens (tertiary/aromatic N) is 1. The van der Waals surface area contributed by atoms with Crippen molar-refractivity contribution in [2.24, 2.45) is 0 Å². The van der Waals surface area contributed by atoms with E-state index in [4.69, 9.17) is 24.3 Å². The van der Waals surface area contributed by atoms with Crippen LogP contribution in [0.3, 0.4) is 0 Å². The first-order chi connectivity index (χ1) is 16.5. The Hall–Kier alpha value is -3.54. The van der Waals surface area contributed by atoms with Gasteiger partial charge in [-0.2, -0.15) is 0 Å². The van der Waals surface area contributed by atoms with Crippen molar-refractivity contribution in [2.75, 3.05) is 13.2 Å². The summed E-state index contributed by atoms with van der Waals surface area (Å²) in [6, 6.07) is 19.5. The second-order valence-corrected chi connectivity index (χ2v) is 7.96. The lowest BCUT2D eigenvalue weighted by Crippen LogP contribution is -2.12. The van der Waals surface area contributed by atoms with Crippen LogP contribution < -0.4 is 14.2 Å². The number of aromatic nitrogens is 1. The molecule has 0 bridgehead atoms. The maximum absolute atomic E-state index is 10.9. The molecule has 180 valence electrons. The van der Waals surface area contributed by atoms with E-state index in [2.05, 4.69) is 6.92 Å². The number of carboxylic acid groups (broad SMARTS) is 1. The molecule has 6 heteroatoms. The van der Waals surface area contributed by atoms with Crippen LogP contribution in [-0.4, -0.2) is 29.3 Å². The summed E-state index contributed by atoms with van der Waals surface area (Å²) >= 11 is 0. The Kier molecular flexibility index (Phi) is 9.32. The molecular weight excluding hydrogens is 430 g/mol. The van der Waals surface area contributed by atoms with Gasteiger partial charge in [-0.25, -0.2) is 9.78 Å². The topological polar surface area (TPSA) is 77.9 Å². The van der Waals surface area contributed by atoms with Gasteiger partial charge in [0.05, 0.1) is 18.0 Å². The molecule has 3 rings (SSSR count). The van der Waals surface area contributed by atoms with Crippen LogP contribution >= 0.6 is 0 Å². The molecule has 0 aliphatic rings. The summed E-state index contributed by atoms with van der Waals surface area (Å²) in [7, 11) is 0. The lowest BCUT2D eigenvalue weighted by Gasteiger charge is -2.20. The molecule has 0 aliphatic carbocycles. The van der Waals surface area contributed by atoms with E-state index in [1.54, 1.807) is 6.07 Å². The van der Waals surface area contributed by atoms with Crippen LogP contribution in [-0.2, 0) is 11.2 Å². The van der Waals surface area contributed by atoms with Crippen LogP contribution in [0.15, 0.2) is 60.7 Å². The lowest BCUT2D eigenvalue weighted by molar-refractivity contribution is -0.139. The van der Waals surface area contributed by atoms with E-state index in [0.717, 1.165) is 47.5 Å². The van der Waals surface area contributed by atoms with E-state index in [1.807, 2.05) is 68.4 Å². The summed E-state index contributed by atoms with van der Waals surface area (Å²) in [4.78, 5) is 15.8. The fourth-order valence-electron chi connectivity index (χ4n) is 3.69. The minimum Gasteiger partial charge on any atom is -0.494 e. The number of aryl methyl sites for hydroxylation is 1. The van der Waals surface area contributed by atoms with Gasteiger partial charge >= 0.3 is 5.97 Å². The third-order valence-corrected chi connectivity index (χ3v) is 5.42. The van der Waals surface area contributed by atoms with Gasteiger partial charge in [-0.1, -0.05) is 26.3 Å². The van der Waals surface area contributed by atoms with Crippen LogP contribution in [0.5, 0.6) is 17.2 Å². The van der Waals surface area contributed by atoms with Crippen molar-refractivity contribution in [1.29, 1.82) is 0 Å². The minimum atomic E-state index is -1.000. The predicted molar refractivity (Wildman–Crippen MR) is 133 cm³/mol. The van der Waals surface area contributed by atoms with Gasteiger partial charge in [0.25, 0.3) is 0 Å². The highest BCUT2D eigenvalue weighted by molar-refractivity contribution is 5.68. The molecule has 0 amide bonds. The van der Waals surface area contributed by atoms with Gasteiger partial charge in [0.2, 0.25) is 0 Å². The zero-order valence-electron chi connectivity index (χ0n) is 20.1. The molecular formula is C28H33NO5. The number of carboxylic acids is 1. The van der Waals surface area contributed by atoms with Gasteiger partial charge < -0.3 is 19.3 Å². The van der Waals surface area contributed by atoms with E-state index >= 15 is 0 Å². The molecule has 1 aromatic heterocycles. The Morgan fingerprint density at radius 2 is 1.74 bits per heavy atom. The van der Waals surface area contributed by atoms with Crippen LogP contribution in [0.2, 0.25) is 0 Å². The monoisotopic (exact) mass is 463 g/mol. The molecule has 0 spiro atoms. The number of unbranched alkanes of at least 4 members (excludes halogenated alkanes) is 1. The number of benzene rings is 2. The molecule has 1 N–H and O–H groups in total. The number of carbonyl (C=O) groups is 1. The van der Waals surface area contributed by atoms with Gasteiger partial charge in [-0.3, -0.25) is 0 Å². The minimum absolute atomic E-state index is 0.196. The van der Waals surface area contributed by atoms with Crippen molar-refractivity contribution in [3.63, 3.8) is 0 Å². The van der Waals surface area contributed by atoms with Crippen molar-refractivity contribution in [2.45, 2.75) is 52.6 Å². The van der Waals surface area contributed by atoms with Crippen LogP contribution in [0.25, 0.3) is 11.3 Å². The molecule has 2 aromatic carbocycles. The maximum atomic E-state index is 10.9. The quantitative estimate of drug-likeness (QED) is 0.312. The van der Waals surface area contributed by atoms with Gasteiger partial charge in [0.15, 0.2) is 6.61 Å². The molecule has 6 nitrogen and oxygen atoms in total. The molecule has 0 fully saturated rings. The van der Waals surface area contributed by atoms with Crippen LogP contribution in [0, 0.1) is 0 Å². The Morgan fingerprint density at radius 1 is 0.971 bits per heavy atom. The number of rotatable bonds is 13. The SMILES string of the molecule is CCCCC(Oc1ccc(OCC(=O)O)c(CC)c1)c1cccc(-c2ccc(OCC)cc2)n1. The first-order valence-corrected chi connectivity index (χ1v) is 11.9. The summed E-state index contributed by atoms with van der Waals surface area (Å²) in [5.74, 6) is 1.13. The molecule has 1 unspecified atom stereocenters. The molecule has 1 atom stereocenters. The number of pyridine rings is 1. The van der Waals surface area contributed by atoms with E-state index < -0.39 is 5.97 Å². The number of aliphatic carboxylic acids is 1. The Labute approximate surface area is 201 Å². The third kappa shape index (κ3) is 6.98. The van der Waals surface area contributed by atoms with Crippen molar-refractivity contribution >= 4 is 5.97 Å². The summed E-state index contributed by atoms with van der Waals surface area (Å²) in [6.07, 6.45) is 3.42. The van der Waals surface area contributed by atoms with Crippen molar-refractivity contribution in [3.05, 3.63) is 71.9 Å². The van der Waals surface area contributed by atoms with Crippen LogP contribution in [0.4, 0.5) is 0 Å². The highest BCUT2D eigenvalue weighted by Crippen LogP contribution is 2.31. The zero-order chi connectivity index (χ0) is 24.3. The van der Waals surface area contributed by atoms with Crippen LogP contribution in [0.1, 0.15) is 57.4 Å². The third-order valence-electron chi connectivity index (χ3n) is 5.42. The predicted octanol–water partition coefficient (Wildman–Crippen LogP) is 6.48. The Morgan fingerprint density at radius 3 is 2.41 bits per heavy atom. The van der Waals surface area contributed by atoms with Gasteiger partial charge in [-0.05, 0) is 86.3 Å². The van der Waals surface area contributed by atoms with Crippen molar-refractivity contribution in [3.8, 4) is 28.5 Å². The first kappa shape index (κ1) is 25.1. The highest BCUT2D eigenvalue weighted by Gasteiger charge is 2.17. The standard InChI is InChI=1S/C28H33NO5/c1-4-7-11-27(34-23-16-17-26(20(5-2)18-23)33-19-28(30)31)25-10-8-9-24(29-25)21-12-14-22(15-13-21)32-6-3/h8-10,12-18,27H,4-7,11,19H2,1-3H3,(H,30,31). The molecule has 34 heavy (non-hydrogen) atoms. The second kappa shape index (κ2) is 12.6. The summed E-state index contributed by atoms with van der Waals surface area (Å²) < 4.78 is 17.4. The maximum Gasteiger partial charge on any atom is 0.341 e.